The van der Waals surface area contributed by atoms with Gasteiger partial charge in [0.15, 0.2) is 0 Å². The second-order valence-electron chi connectivity index (χ2n) is 7.25. The predicted octanol–water partition coefficient (Wildman–Crippen LogP) is 5.31. The number of nitrogens with one attached hydrogen (secondary N) is 1. The Hall–Kier alpha value is -3.33. The van der Waals surface area contributed by atoms with Crippen molar-refractivity contribution in [2.75, 3.05) is 0 Å². The molecule has 3 heteroatoms. The third kappa shape index (κ3) is 3.84. The van der Waals surface area contributed by atoms with Gasteiger partial charge >= 0.3 is 0 Å². The number of aryl methyl sites for hydroxylation is 2. The number of rotatable bonds is 5. The van der Waals surface area contributed by atoms with Crippen LogP contribution >= 0.6 is 0 Å². The molecule has 3 aromatic carbocycles. The van der Waals surface area contributed by atoms with Gasteiger partial charge in [0.1, 0.15) is 12.4 Å². The fourth-order valence-corrected chi connectivity index (χ4v) is 3.56. The first-order valence-corrected chi connectivity index (χ1v) is 9.48. The van der Waals surface area contributed by atoms with Crippen molar-refractivity contribution in [3.8, 4) is 5.75 Å². The summed E-state index contributed by atoms with van der Waals surface area (Å²) in [5, 5.41) is 0.928. The molecule has 0 unspecified atom stereocenters. The van der Waals surface area contributed by atoms with E-state index in [1.54, 1.807) is 0 Å². The summed E-state index contributed by atoms with van der Waals surface area (Å²) in [5.74, 6) is 0.669. The van der Waals surface area contributed by atoms with E-state index in [0.29, 0.717) is 24.3 Å². The Kier molecular flexibility index (Phi) is 4.98. The normalized spacial score (nSPS) is 10.9. The van der Waals surface area contributed by atoms with E-state index in [4.69, 9.17) is 4.74 Å². The van der Waals surface area contributed by atoms with E-state index in [-0.39, 0.29) is 5.56 Å². The van der Waals surface area contributed by atoms with Gasteiger partial charge in [-0.3, -0.25) is 4.79 Å². The van der Waals surface area contributed by atoms with Gasteiger partial charge in [-0.1, -0.05) is 71.8 Å². The van der Waals surface area contributed by atoms with Crippen LogP contribution in [0.4, 0.5) is 0 Å². The molecule has 0 aliphatic carbocycles. The molecule has 4 aromatic rings. The molecule has 0 radical (unpaired) electrons. The first-order chi connectivity index (χ1) is 13.6. The summed E-state index contributed by atoms with van der Waals surface area (Å²) >= 11 is 0. The van der Waals surface area contributed by atoms with Crippen molar-refractivity contribution in [3.05, 3.63) is 111 Å². The first kappa shape index (κ1) is 18.1. The summed E-state index contributed by atoms with van der Waals surface area (Å²) in [4.78, 5) is 15.9. The molecule has 1 aromatic heterocycles. The van der Waals surface area contributed by atoms with Crippen LogP contribution in [0.25, 0.3) is 10.9 Å². The maximum atomic E-state index is 12.9. The molecule has 0 spiro atoms. The van der Waals surface area contributed by atoms with E-state index in [1.165, 1.54) is 11.1 Å². The van der Waals surface area contributed by atoms with E-state index in [2.05, 4.69) is 43.1 Å². The van der Waals surface area contributed by atoms with E-state index >= 15 is 0 Å². The molecule has 0 aliphatic heterocycles. The standard InChI is InChI=1S/C25H23NO2/c1-17-7-5-9-19(13-17)15-22-24(28-16-20-10-6-8-18(2)14-20)21-11-3-4-12-23(21)26-25(22)27/h3-14H,15-16H2,1-2H3,(H,26,27). The maximum absolute atomic E-state index is 12.9. The number of hydrogen-bond acceptors (Lipinski definition) is 2. The number of benzene rings is 3. The van der Waals surface area contributed by atoms with E-state index in [9.17, 15) is 4.79 Å². The molecule has 1 N–H and O–H groups in total. The number of aromatic amines is 1. The van der Waals surface area contributed by atoms with E-state index in [1.807, 2.05) is 48.5 Å². The SMILES string of the molecule is Cc1cccc(COc2c(Cc3cccc(C)c3)c(=O)[nH]c3ccccc23)c1. The summed E-state index contributed by atoms with van der Waals surface area (Å²) in [6.45, 7) is 4.55. The molecule has 0 saturated carbocycles. The third-order valence-electron chi connectivity index (χ3n) is 4.90. The zero-order valence-electron chi connectivity index (χ0n) is 16.2. The van der Waals surface area contributed by atoms with Crippen molar-refractivity contribution in [1.82, 2.24) is 4.98 Å². The van der Waals surface area contributed by atoms with Gasteiger partial charge in [0.25, 0.3) is 5.56 Å². The third-order valence-corrected chi connectivity index (χ3v) is 4.90. The van der Waals surface area contributed by atoms with E-state index < -0.39 is 0 Å². The number of ether oxygens (including phenoxy) is 1. The summed E-state index contributed by atoms with van der Waals surface area (Å²) < 4.78 is 6.25. The Labute approximate surface area is 164 Å². The number of H-pyrrole nitrogens is 1. The van der Waals surface area contributed by atoms with Gasteiger partial charge in [0.2, 0.25) is 0 Å². The fourth-order valence-electron chi connectivity index (χ4n) is 3.56. The number of aromatic nitrogens is 1. The Morgan fingerprint density at radius 2 is 1.50 bits per heavy atom. The monoisotopic (exact) mass is 369 g/mol. The molecule has 140 valence electrons. The van der Waals surface area contributed by atoms with Crippen molar-refractivity contribution in [1.29, 1.82) is 0 Å². The molecule has 0 saturated heterocycles. The molecule has 0 atom stereocenters. The van der Waals surface area contributed by atoms with Crippen LogP contribution in [0.5, 0.6) is 5.75 Å². The average Bonchev–Trinajstić information content (AvgIpc) is 2.68. The van der Waals surface area contributed by atoms with Crippen LogP contribution in [0.3, 0.4) is 0 Å². The summed E-state index contributed by atoms with van der Waals surface area (Å²) in [6, 6.07) is 24.3. The van der Waals surface area contributed by atoms with Gasteiger partial charge in [-0.15, -0.1) is 0 Å². The molecule has 0 bridgehead atoms. The second-order valence-corrected chi connectivity index (χ2v) is 7.25. The molecular formula is C25H23NO2. The number of hydrogen-bond donors (Lipinski definition) is 1. The van der Waals surface area contributed by atoms with E-state index in [0.717, 1.165) is 22.0 Å². The maximum Gasteiger partial charge on any atom is 0.255 e. The van der Waals surface area contributed by atoms with Gasteiger partial charge < -0.3 is 9.72 Å². The quantitative estimate of drug-likeness (QED) is 0.518. The highest BCUT2D eigenvalue weighted by Crippen LogP contribution is 2.29. The minimum absolute atomic E-state index is 0.0977. The lowest BCUT2D eigenvalue weighted by atomic mass is 10.0. The Bertz CT molecular complexity index is 1190. The van der Waals surface area contributed by atoms with Crippen LogP contribution in [-0.4, -0.2) is 4.98 Å². The Morgan fingerprint density at radius 1 is 0.821 bits per heavy atom. The lowest BCUT2D eigenvalue weighted by molar-refractivity contribution is 0.306. The number of pyridine rings is 1. The van der Waals surface area contributed by atoms with Gasteiger partial charge in [-0.2, -0.15) is 0 Å². The largest absolute Gasteiger partial charge is 0.488 e. The molecule has 1 heterocycles. The number of para-hydroxylation sites is 1. The van der Waals surface area contributed by atoms with Crippen molar-refractivity contribution in [2.24, 2.45) is 0 Å². The average molecular weight is 369 g/mol. The van der Waals surface area contributed by atoms with Crippen LogP contribution in [0.2, 0.25) is 0 Å². The molecule has 3 nitrogen and oxygen atoms in total. The molecule has 4 rings (SSSR count). The fraction of sp³-hybridized carbons (Fsp3) is 0.160. The van der Waals surface area contributed by atoms with Crippen LogP contribution in [0.1, 0.15) is 27.8 Å². The zero-order chi connectivity index (χ0) is 19.5. The first-order valence-electron chi connectivity index (χ1n) is 9.48. The highest BCUT2D eigenvalue weighted by molar-refractivity contribution is 5.86. The van der Waals surface area contributed by atoms with Gasteiger partial charge in [-0.25, -0.2) is 0 Å². The van der Waals surface area contributed by atoms with Crippen LogP contribution < -0.4 is 10.3 Å². The van der Waals surface area contributed by atoms with Crippen LogP contribution in [-0.2, 0) is 13.0 Å². The van der Waals surface area contributed by atoms with Crippen LogP contribution in [0.15, 0.2) is 77.6 Å². The summed E-state index contributed by atoms with van der Waals surface area (Å²) in [7, 11) is 0. The zero-order valence-corrected chi connectivity index (χ0v) is 16.2. The highest BCUT2D eigenvalue weighted by Gasteiger charge is 2.15. The molecular weight excluding hydrogens is 346 g/mol. The van der Waals surface area contributed by atoms with Crippen molar-refractivity contribution < 1.29 is 4.74 Å². The van der Waals surface area contributed by atoms with Crippen molar-refractivity contribution >= 4 is 10.9 Å². The molecule has 0 aliphatic rings. The molecule has 0 amide bonds. The Morgan fingerprint density at radius 3 is 2.25 bits per heavy atom. The van der Waals surface area contributed by atoms with Gasteiger partial charge in [0.05, 0.1) is 11.1 Å². The van der Waals surface area contributed by atoms with Crippen LogP contribution in [0, 0.1) is 13.8 Å². The lowest BCUT2D eigenvalue weighted by Crippen LogP contribution is -2.16. The molecule has 28 heavy (non-hydrogen) atoms. The minimum Gasteiger partial charge on any atom is -0.488 e. The van der Waals surface area contributed by atoms with Crippen molar-refractivity contribution in [3.63, 3.8) is 0 Å². The number of fused-ring (bicyclic) bond motifs is 1. The highest BCUT2D eigenvalue weighted by atomic mass is 16.5. The topological polar surface area (TPSA) is 42.1 Å². The van der Waals surface area contributed by atoms with Gasteiger partial charge in [-0.05, 0) is 37.1 Å². The Balaban J connectivity index is 1.78. The van der Waals surface area contributed by atoms with Gasteiger partial charge in [0, 0.05) is 11.8 Å². The molecule has 0 fully saturated rings. The minimum atomic E-state index is -0.0977. The summed E-state index contributed by atoms with van der Waals surface area (Å²) in [5.41, 5.74) is 5.91. The second kappa shape index (κ2) is 7.73. The smallest absolute Gasteiger partial charge is 0.255 e. The summed E-state index contributed by atoms with van der Waals surface area (Å²) in [6.07, 6.45) is 0.533. The lowest BCUT2D eigenvalue weighted by Gasteiger charge is -2.15. The predicted molar refractivity (Wildman–Crippen MR) is 114 cm³/mol. The van der Waals surface area contributed by atoms with Crippen molar-refractivity contribution in [2.45, 2.75) is 26.9 Å².